The molecule has 3 amide bonds. The van der Waals surface area contributed by atoms with Crippen LogP contribution < -0.4 is 10.6 Å². The first-order chi connectivity index (χ1) is 6.09. The predicted molar refractivity (Wildman–Crippen MR) is 49.1 cm³/mol. The van der Waals surface area contributed by atoms with Gasteiger partial charge in [-0.2, -0.15) is 0 Å². The summed E-state index contributed by atoms with van der Waals surface area (Å²) >= 11 is 0. The summed E-state index contributed by atoms with van der Waals surface area (Å²) in [7, 11) is 0. The van der Waals surface area contributed by atoms with Gasteiger partial charge < -0.3 is 5.32 Å². The van der Waals surface area contributed by atoms with Crippen LogP contribution in [-0.4, -0.2) is 18.5 Å². The molecule has 0 bridgehead atoms. The van der Waals surface area contributed by atoms with Gasteiger partial charge in [-0.1, -0.05) is 13.8 Å². The van der Waals surface area contributed by atoms with E-state index in [-0.39, 0.29) is 17.9 Å². The van der Waals surface area contributed by atoms with Gasteiger partial charge in [0, 0.05) is 12.5 Å². The van der Waals surface area contributed by atoms with Crippen molar-refractivity contribution in [1.29, 1.82) is 0 Å². The molecule has 0 radical (unpaired) electrons. The maximum atomic E-state index is 11.1. The number of nitrogens with one attached hydrogen (secondary N) is 2. The van der Waals surface area contributed by atoms with Crippen LogP contribution in [0.25, 0.3) is 0 Å². The van der Waals surface area contributed by atoms with E-state index in [2.05, 4.69) is 10.6 Å². The highest BCUT2D eigenvalue weighted by molar-refractivity contribution is 5.96. The van der Waals surface area contributed by atoms with Gasteiger partial charge >= 0.3 is 6.03 Å². The fourth-order valence-corrected chi connectivity index (χ4v) is 0.900. The summed E-state index contributed by atoms with van der Waals surface area (Å²) in [5, 5.41) is 4.93. The lowest BCUT2D eigenvalue weighted by Gasteiger charge is -2.07. The molecule has 13 heavy (non-hydrogen) atoms. The van der Waals surface area contributed by atoms with Crippen LogP contribution in [0.4, 0.5) is 4.79 Å². The van der Waals surface area contributed by atoms with Crippen LogP contribution in [-0.2, 0) is 4.79 Å². The monoisotopic (exact) mass is 184 g/mol. The highest BCUT2D eigenvalue weighted by atomic mass is 16.2. The van der Waals surface area contributed by atoms with Crippen LogP contribution in [0.1, 0.15) is 26.7 Å². The summed E-state index contributed by atoms with van der Waals surface area (Å²) in [5.74, 6) is 0.354. The van der Waals surface area contributed by atoms with Gasteiger partial charge in [0.2, 0.25) is 5.91 Å². The average Bonchev–Trinajstić information content (AvgIpc) is 2.82. The van der Waals surface area contributed by atoms with Crippen LogP contribution in [0, 0.1) is 11.8 Å². The number of hydrogen-bond acceptors (Lipinski definition) is 2. The molecule has 0 aliphatic heterocycles. The zero-order valence-electron chi connectivity index (χ0n) is 8.09. The number of imide groups is 1. The van der Waals surface area contributed by atoms with Gasteiger partial charge in [0.05, 0.1) is 0 Å². The molecule has 2 N–H and O–H groups in total. The normalized spacial score (nSPS) is 15.6. The second-order valence-electron chi connectivity index (χ2n) is 3.87. The Morgan fingerprint density at radius 1 is 1.38 bits per heavy atom. The molecule has 0 aromatic rings. The van der Waals surface area contributed by atoms with E-state index < -0.39 is 0 Å². The maximum absolute atomic E-state index is 11.1. The number of urea groups is 1. The molecule has 74 valence electrons. The fraction of sp³-hybridized carbons (Fsp3) is 0.778. The van der Waals surface area contributed by atoms with E-state index in [1.54, 1.807) is 0 Å². The molecule has 0 aromatic carbocycles. The Labute approximate surface area is 78.1 Å². The number of rotatable bonds is 3. The minimum absolute atomic E-state index is 0.0878. The molecule has 0 saturated heterocycles. The number of hydrogen-bond donors (Lipinski definition) is 2. The number of carbonyl (C=O) groups excluding carboxylic acids is 2. The summed E-state index contributed by atoms with van der Waals surface area (Å²) in [6.45, 7) is 4.61. The minimum atomic E-state index is -0.370. The first-order valence-electron chi connectivity index (χ1n) is 4.68. The molecule has 0 unspecified atom stereocenters. The fourth-order valence-electron chi connectivity index (χ4n) is 0.900. The predicted octanol–water partition coefficient (Wildman–Crippen LogP) is 0.878. The molecule has 0 heterocycles. The van der Waals surface area contributed by atoms with Crippen molar-refractivity contribution in [3.63, 3.8) is 0 Å². The molecule has 0 spiro atoms. The molecule has 1 aliphatic carbocycles. The second-order valence-corrected chi connectivity index (χ2v) is 3.87. The van der Waals surface area contributed by atoms with Crippen molar-refractivity contribution in [2.75, 3.05) is 6.54 Å². The minimum Gasteiger partial charge on any atom is -0.338 e. The average molecular weight is 184 g/mol. The molecule has 1 fully saturated rings. The molecule has 4 heteroatoms. The summed E-state index contributed by atoms with van der Waals surface area (Å²) in [6, 6.07) is -0.370. The van der Waals surface area contributed by atoms with Crippen LogP contribution in [0.15, 0.2) is 0 Å². The van der Waals surface area contributed by atoms with Crippen molar-refractivity contribution in [3.05, 3.63) is 0 Å². The van der Waals surface area contributed by atoms with E-state index in [0.29, 0.717) is 12.5 Å². The van der Waals surface area contributed by atoms with Crippen molar-refractivity contribution in [2.24, 2.45) is 11.8 Å². The molecular weight excluding hydrogens is 168 g/mol. The van der Waals surface area contributed by atoms with E-state index in [9.17, 15) is 9.59 Å². The highest BCUT2D eigenvalue weighted by Crippen LogP contribution is 2.28. The third-order valence-corrected chi connectivity index (χ3v) is 1.86. The van der Waals surface area contributed by atoms with E-state index in [4.69, 9.17) is 0 Å². The first-order valence-corrected chi connectivity index (χ1v) is 4.68. The Morgan fingerprint density at radius 3 is 2.46 bits per heavy atom. The van der Waals surface area contributed by atoms with E-state index in [0.717, 1.165) is 12.8 Å². The van der Waals surface area contributed by atoms with Gasteiger partial charge in [-0.15, -0.1) is 0 Å². The van der Waals surface area contributed by atoms with E-state index >= 15 is 0 Å². The molecule has 4 nitrogen and oxygen atoms in total. The third-order valence-electron chi connectivity index (χ3n) is 1.86. The van der Waals surface area contributed by atoms with Crippen LogP contribution in [0.3, 0.4) is 0 Å². The quantitative estimate of drug-likeness (QED) is 0.684. The third kappa shape index (κ3) is 3.92. The maximum Gasteiger partial charge on any atom is 0.321 e. The standard InChI is InChI=1S/C9H16N2O2/c1-6(2)5-10-9(13)11-8(12)7-3-4-7/h6-7H,3-5H2,1-2H3,(H2,10,11,12,13). The molecule has 0 atom stereocenters. The Morgan fingerprint density at radius 2 is 2.00 bits per heavy atom. The van der Waals surface area contributed by atoms with Crippen LogP contribution in [0.5, 0.6) is 0 Å². The SMILES string of the molecule is CC(C)CNC(=O)NC(=O)C1CC1. The molecule has 1 rings (SSSR count). The van der Waals surface area contributed by atoms with Crippen LogP contribution in [0.2, 0.25) is 0 Å². The zero-order valence-corrected chi connectivity index (χ0v) is 8.09. The van der Waals surface area contributed by atoms with Gasteiger partial charge in [-0.05, 0) is 18.8 Å². The summed E-state index contributed by atoms with van der Waals surface area (Å²) in [4.78, 5) is 22.1. The lowest BCUT2D eigenvalue weighted by atomic mass is 10.2. The smallest absolute Gasteiger partial charge is 0.321 e. The molecule has 0 aromatic heterocycles. The Hall–Kier alpha value is -1.06. The number of carbonyl (C=O) groups is 2. The lowest BCUT2D eigenvalue weighted by molar-refractivity contribution is -0.121. The van der Waals surface area contributed by atoms with Crippen molar-refractivity contribution < 1.29 is 9.59 Å². The zero-order chi connectivity index (χ0) is 9.84. The lowest BCUT2D eigenvalue weighted by Crippen LogP contribution is -2.41. The van der Waals surface area contributed by atoms with Gasteiger partial charge in [0.15, 0.2) is 0 Å². The van der Waals surface area contributed by atoms with Crippen molar-refractivity contribution in [1.82, 2.24) is 10.6 Å². The van der Waals surface area contributed by atoms with Crippen molar-refractivity contribution in [2.45, 2.75) is 26.7 Å². The summed E-state index contributed by atoms with van der Waals surface area (Å²) < 4.78 is 0. The second kappa shape index (κ2) is 4.25. The Kier molecular flexibility index (Phi) is 3.28. The van der Waals surface area contributed by atoms with E-state index in [1.165, 1.54) is 0 Å². The topological polar surface area (TPSA) is 58.2 Å². The summed E-state index contributed by atoms with van der Waals surface area (Å²) in [5.41, 5.74) is 0. The van der Waals surface area contributed by atoms with E-state index in [1.807, 2.05) is 13.8 Å². The van der Waals surface area contributed by atoms with Crippen molar-refractivity contribution in [3.8, 4) is 0 Å². The van der Waals surface area contributed by atoms with Gasteiger partial charge in [0.1, 0.15) is 0 Å². The highest BCUT2D eigenvalue weighted by Gasteiger charge is 2.30. The van der Waals surface area contributed by atoms with Gasteiger partial charge in [-0.25, -0.2) is 4.79 Å². The Bertz CT molecular complexity index is 210. The molecule has 1 aliphatic rings. The van der Waals surface area contributed by atoms with Gasteiger partial charge in [-0.3, -0.25) is 10.1 Å². The van der Waals surface area contributed by atoms with Gasteiger partial charge in [0.25, 0.3) is 0 Å². The Balaban J connectivity index is 2.13. The van der Waals surface area contributed by atoms with Crippen LogP contribution >= 0.6 is 0 Å². The molecule has 1 saturated carbocycles. The first kappa shape index (κ1) is 10.0. The van der Waals surface area contributed by atoms with Crippen molar-refractivity contribution >= 4 is 11.9 Å². The summed E-state index contributed by atoms with van der Waals surface area (Å²) in [6.07, 6.45) is 1.84. The number of amides is 3. The molecular formula is C9H16N2O2. The largest absolute Gasteiger partial charge is 0.338 e.